The van der Waals surface area contributed by atoms with Crippen LogP contribution < -0.4 is 0 Å². The Hall–Kier alpha value is -1.59. The van der Waals surface area contributed by atoms with Crippen molar-refractivity contribution in [3.63, 3.8) is 0 Å². The molecule has 162 valence electrons. The molecule has 3 rings (SSSR count). The van der Waals surface area contributed by atoms with Gasteiger partial charge in [-0.15, -0.1) is 0 Å². The summed E-state index contributed by atoms with van der Waals surface area (Å²) in [6.45, 7) is 4.08. The summed E-state index contributed by atoms with van der Waals surface area (Å²) >= 11 is 12.4. The zero-order valence-corrected chi connectivity index (χ0v) is 18.9. The van der Waals surface area contributed by atoms with Gasteiger partial charge >= 0.3 is 0 Å². The molecule has 1 fully saturated rings. The fourth-order valence-electron chi connectivity index (χ4n) is 3.69. The van der Waals surface area contributed by atoms with E-state index in [9.17, 15) is 4.79 Å². The highest BCUT2D eigenvalue weighted by atomic mass is 35.5. The topological polar surface area (TPSA) is 38.8 Å². The number of hydrogen-bond acceptors (Lipinski definition) is 3. The SMILES string of the molecule is CC(=O)N(Cc1ccccc1)CC(CCOC1CCCCO1)c1ccc(Cl)c(Cl)c1. The highest BCUT2D eigenvalue weighted by molar-refractivity contribution is 6.42. The fraction of sp³-hybridized carbons (Fsp3) is 0.458. The molecule has 0 aliphatic carbocycles. The molecule has 0 aromatic heterocycles. The van der Waals surface area contributed by atoms with Gasteiger partial charge in [0.15, 0.2) is 6.29 Å². The van der Waals surface area contributed by atoms with Gasteiger partial charge in [-0.25, -0.2) is 0 Å². The molecule has 2 aromatic carbocycles. The average molecular weight is 450 g/mol. The zero-order chi connectivity index (χ0) is 21.3. The number of benzene rings is 2. The molecule has 0 radical (unpaired) electrons. The summed E-state index contributed by atoms with van der Waals surface area (Å²) in [5, 5.41) is 1.05. The lowest BCUT2D eigenvalue weighted by molar-refractivity contribution is -0.163. The van der Waals surface area contributed by atoms with Gasteiger partial charge in [0.2, 0.25) is 5.91 Å². The lowest BCUT2D eigenvalue weighted by Crippen LogP contribution is -2.33. The lowest BCUT2D eigenvalue weighted by atomic mass is 9.95. The second-order valence-corrected chi connectivity index (χ2v) is 8.53. The van der Waals surface area contributed by atoms with E-state index in [1.165, 1.54) is 0 Å². The average Bonchev–Trinajstić information content (AvgIpc) is 2.75. The number of nitrogens with zero attached hydrogens (tertiary/aromatic N) is 1. The van der Waals surface area contributed by atoms with Crippen molar-refractivity contribution in [1.82, 2.24) is 4.90 Å². The summed E-state index contributed by atoms with van der Waals surface area (Å²) in [6.07, 6.45) is 3.80. The summed E-state index contributed by atoms with van der Waals surface area (Å²) in [5.74, 6) is 0.122. The van der Waals surface area contributed by atoms with Crippen molar-refractivity contribution in [2.45, 2.75) is 51.4 Å². The van der Waals surface area contributed by atoms with E-state index in [2.05, 4.69) is 0 Å². The molecule has 2 atom stereocenters. The first-order valence-corrected chi connectivity index (χ1v) is 11.3. The van der Waals surface area contributed by atoms with Crippen LogP contribution in [0.15, 0.2) is 48.5 Å². The van der Waals surface area contributed by atoms with Crippen LogP contribution in [-0.4, -0.2) is 36.9 Å². The van der Waals surface area contributed by atoms with E-state index < -0.39 is 0 Å². The molecule has 1 aliphatic heterocycles. The number of carbonyl (C=O) groups is 1. The molecule has 0 N–H and O–H groups in total. The first-order valence-electron chi connectivity index (χ1n) is 10.5. The van der Waals surface area contributed by atoms with Crippen LogP contribution in [-0.2, 0) is 20.8 Å². The Morgan fingerprint density at radius 2 is 1.97 bits per heavy atom. The summed E-state index contributed by atoms with van der Waals surface area (Å²) < 4.78 is 11.6. The predicted molar refractivity (Wildman–Crippen MR) is 121 cm³/mol. The van der Waals surface area contributed by atoms with E-state index in [4.69, 9.17) is 32.7 Å². The predicted octanol–water partition coefficient (Wildman–Crippen LogP) is 6.06. The molecule has 4 nitrogen and oxygen atoms in total. The highest BCUT2D eigenvalue weighted by Gasteiger charge is 2.21. The number of carbonyl (C=O) groups excluding carboxylic acids is 1. The second-order valence-electron chi connectivity index (χ2n) is 7.71. The molecule has 2 aromatic rings. The van der Waals surface area contributed by atoms with E-state index >= 15 is 0 Å². The van der Waals surface area contributed by atoms with Crippen molar-refractivity contribution in [1.29, 1.82) is 0 Å². The Kier molecular flexibility index (Phi) is 9.01. The van der Waals surface area contributed by atoms with Crippen LogP contribution >= 0.6 is 23.2 Å². The van der Waals surface area contributed by atoms with E-state index in [-0.39, 0.29) is 18.1 Å². The van der Waals surface area contributed by atoms with Crippen molar-refractivity contribution in [2.24, 2.45) is 0 Å². The minimum Gasteiger partial charge on any atom is -0.353 e. The largest absolute Gasteiger partial charge is 0.353 e. The minimum absolute atomic E-state index is 0.0421. The maximum Gasteiger partial charge on any atom is 0.219 e. The Morgan fingerprint density at radius 3 is 2.63 bits per heavy atom. The van der Waals surface area contributed by atoms with E-state index in [0.29, 0.717) is 29.7 Å². The molecule has 0 bridgehead atoms. The third-order valence-electron chi connectivity index (χ3n) is 5.43. The highest BCUT2D eigenvalue weighted by Crippen LogP contribution is 2.29. The zero-order valence-electron chi connectivity index (χ0n) is 17.4. The first-order chi connectivity index (χ1) is 14.5. The monoisotopic (exact) mass is 449 g/mol. The number of rotatable bonds is 9. The Morgan fingerprint density at radius 1 is 1.17 bits per heavy atom. The summed E-state index contributed by atoms with van der Waals surface area (Å²) in [4.78, 5) is 14.3. The molecule has 0 saturated carbocycles. The second kappa shape index (κ2) is 11.7. The van der Waals surface area contributed by atoms with E-state index in [1.807, 2.05) is 53.4 Å². The first kappa shape index (κ1) is 23.1. The van der Waals surface area contributed by atoms with Crippen molar-refractivity contribution >= 4 is 29.1 Å². The minimum atomic E-state index is -0.124. The van der Waals surface area contributed by atoms with Gasteiger partial charge in [-0.1, -0.05) is 59.6 Å². The Bertz CT molecular complexity index is 809. The standard InChI is InChI=1S/C24H29Cl2NO3/c1-18(28)27(16-19-7-3-2-4-8-19)17-21(20-10-11-22(25)23(26)15-20)12-14-30-24-9-5-6-13-29-24/h2-4,7-8,10-11,15,21,24H,5-6,9,12-14,16-17H2,1H3. The molecule has 1 amide bonds. The van der Waals surface area contributed by atoms with Gasteiger partial charge in [0, 0.05) is 32.5 Å². The lowest BCUT2D eigenvalue weighted by Gasteiger charge is -2.29. The molecule has 0 spiro atoms. The van der Waals surface area contributed by atoms with Crippen LogP contribution in [0.3, 0.4) is 0 Å². The van der Waals surface area contributed by atoms with Crippen LogP contribution in [0.4, 0.5) is 0 Å². The maximum atomic E-state index is 12.4. The van der Waals surface area contributed by atoms with Crippen LogP contribution in [0, 0.1) is 0 Å². The van der Waals surface area contributed by atoms with Gasteiger partial charge < -0.3 is 14.4 Å². The molecule has 1 aliphatic rings. The van der Waals surface area contributed by atoms with Gasteiger partial charge in [0.1, 0.15) is 0 Å². The third kappa shape index (κ3) is 6.98. The van der Waals surface area contributed by atoms with Crippen molar-refractivity contribution < 1.29 is 14.3 Å². The van der Waals surface area contributed by atoms with Gasteiger partial charge in [-0.2, -0.15) is 0 Å². The number of ether oxygens (including phenoxy) is 2. The number of amides is 1. The Labute approximate surface area is 189 Å². The van der Waals surface area contributed by atoms with Crippen molar-refractivity contribution in [2.75, 3.05) is 19.8 Å². The number of halogens is 2. The number of hydrogen-bond donors (Lipinski definition) is 0. The summed E-state index contributed by atoms with van der Waals surface area (Å²) in [6, 6.07) is 15.7. The van der Waals surface area contributed by atoms with Crippen LogP contribution in [0.1, 0.15) is 49.7 Å². The van der Waals surface area contributed by atoms with Crippen molar-refractivity contribution in [3.8, 4) is 0 Å². The van der Waals surface area contributed by atoms with Crippen LogP contribution in [0.25, 0.3) is 0 Å². The summed E-state index contributed by atoms with van der Waals surface area (Å²) in [5.41, 5.74) is 2.16. The summed E-state index contributed by atoms with van der Waals surface area (Å²) in [7, 11) is 0. The molecule has 30 heavy (non-hydrogen) atoms. The van der Waals surface area contributed by atoms with E-state index in [0.717, 1.165) is 43.4 Å². The quantitative estimate of drug-likeness (QED) is 0.466. The van der Waals surface area contributed by atoms with Gasteiger partial charge in [-0.3, -0.25) is 4.79 Å². The normalized spacial score (nSPS) is 17.5. The van der Waals surface area contributed by atoms with Crippen molar-refractivity contribution in [3.05, 3.63) is 69.7 Å². The molecular formula is C24H29Cl2NO3. The van der Waals surface area contributed by atoms with Gasteiger partial charge in [0.05, 0.1) is 16.7 Å². The van der Waals surface area contributed by atoms with Gasteiger partial charge in [0.25, 0.3) is 0 Å². The molecule has 2 unspecified atom stereocenters. The molecular weight excluding hydrogens is 421 g/mol. The molecule has 1 heterocycles. The Balaban J connectivity index is 1.70. The smallest absolute Gasteiger partial charge is 0.219 e. The fourth-order valence-corrected chi connectivity index (χ4v) is 3.99. The molecule has 1 saturated heterocycles. The third-order valence-corrected chi connectivity index (χ3v) is 6.16. The van der Waals surface area contributed by atoms with Crippen LogP contribution in [0.5, 0.6) is 0 Å². The molecule has 6 heteroatoms. The maximum absolute atomic E-state index is 12.4. The van der Waals surface area contributed by atoms with E-state index in [1.54, 1.807) is 6.92 Å². The van der Waals surface area contributed by atoms with Crippen LogP contribution in [0.2, 0.25) is 10.0 Å². The van der Waals surface area contributed by atoms with Gasteiger partial charge in [-0.05, 0) is 48.9 Å².